The average molecular weight is 400 g/mol. The number of hydrogen-bond acceptors (Lipinski definition) is 5. The number of aromatic amines is 1. The minimum absolute atomic E-state index is 0.108. The smallest absolute Gasteiger partial charge is 0.256 e. The molecule has 25 heavy (non-hydrogen) atoms. The van der Waals surface area contributed by atoms with Crippen molar-refractivity contribution in [3.8, 4) is 0 Å². The molecule has 132 valence electrons. The zero-order valence-corrected chi connectivity index (χ0v) is 15.4. The van der Waals surface area contributed by atoms with Crippen molar-refractivity contribution in [1.82, 2.24) is 25.6 Å². The number of rotatable bonds is 5. The summed E-state index contributed by atoms with van der Waals surface area (Å²) >= 11 is 13.2. The van der Waals surface area contributed by atoms with Crippen molar-refractivity contribution in [2.24, 2.45) is 0 Å². The van der Waals surface area contributed by atoms with Gasteiger partial charge in [-0.1, -0.05) is 35.4 Å². The number of hydrogen-bond donors (Lipinski definition) is 2. The maximum absolute atomic E-state index is 12.6. The van der Waals surface area contributed by atoms with Gasteiger partial charge in [-0.3, -0.25) is 9.59 Å². The Morgan fingerprint density at radius 2 is 2.28 bits per heavy atom. The van der Waals surface area contributed by atoms with Crippen molar-refractivity contribution in [3.63, 3.8) is 0 Å². The van der Waals surface area contributed by atoms with Gasteiger partial charge in [-0.05, 0) is 0 Å². The Morgan fingerprint density at radius 1 is 1.44 bits per heavy atom. The SMILES string of the molecule is O=C(CCc1cn[nH]n1)NC1C=CCN(C(=O)c2csc(Cl)c2Cl)C1. The van der Waals surface area contributed by atoms with E-state index in [1.54, 1.807) is 16.5 Å². The van der Waals surface area contributed by atoms with Gasteiger partial charge in [0.05, 0.1) is 28.5 Å². The summed E-state index contributed by atoms with van der Waals surface area (Å²) in [6.07, 6.45) is 6.14. The number of halogens is 2. The van der Waals surface area contributed by atoms with Crippen LogP contribution in [0, 0.1) is 0 Å². The lowest BCUT2D eigenvalue weighted by Crippen LogP contribution is -2.47. The normalized spacial score (nSPS) is 16.9. The quantitative estimate of drug-likeness (QED) is 0.754. The fraction of sp³-hybridized carbons (Fsp3) is 0.333. The molecular weight excluding hydrogens is 385 g/mol. The van der Waals surface area contributed by atoms with E-state index in [-0.39, 0.29) is 22.9 Å². The third kappa shape index (κ3) is 4.39. The minimum Gasteiger partial charge on any atom is -0.348 e. The lowest BCUT2D eigenvalue weighted by molar-refractivity contribution is -0.121. The van der Waals surface area contributed by atoms with Crippen LogP contribution in [0.25, 0.3) is 0 Å². The van der Waals surface area contributed by atoms with E-state index >= 15 is 0 Å². The summed E-state index contributed by atoms with van der Waals surface area (Å²) in [6.45, 7) is 0.850. The van der Waals surface area contributed by atoms with E-state index in [1.165, 1.54) is 11.3 Å². The number of H-pyrrole nitrogens is 1. The van der Waals surface area contributed by atoms with Gasteiger partial charge in [-0.2, -0.15) is 15.4 Å². The van der Waals surface area contributed by atoms with Gasteiger partial charge in [0.1, 0.15) is 4.34 Å². The molecule has 0 saturated heterocycles. The molecule has 1 unspecified atom stereocenters. The van der Waals surface area contributed by atoms with Crippen LogP contribution in [0.5, 0.6) is 0 Å². The molecule has 0 fully saturated rings. The molecule has 0 bridgehead atoms. The van der Waals surface area contributed by atoms with Crippen LogP contribution >= 0.6 is 34.5 Å². The first-order valence-electron chi connectivity index (χ1n) is 7.57. The van der Waals surface area contributed by atoms with Gasteiger partial charge in [-0.25, -0.2) is 0 Å². The number of aryl methyl sites for hydroxylation is 1. The molecule has 0 aromatic carbocycles. The Kier molecular flexibility index (Phi) is 5.72. The summed E-state index contributed by atoms with van der Waals surface area (Å²) in [4.78, 5) is 26.3. The molecule has 2 N–H and O–H groups in total. The zero-order chi connectivity index (χ0) is 17.8. The van der Waals surface area contributed by atoms with Crippen molar-refractivity contribution >= 4 is 46.4 Å². The van der Waals surface area contributed by atoms with Crippen LogP contribution < -0.4 is 5.32 Å². The van der Waals surface area contributed by atoms with Crippen molar-refractivity contribution in [2.75, 3.05) is 13.1 Å². The predicted octanol–water partition coefficient (Wildman–Crippen LogP) is 2.30. The predicted molar refractivity (Wildman–Crippen MR) is 96.0 cm³/mol. The second-order valence-corrected chi connectivity index (χ2v) is 7.37. The average Bonchev–Trinajstić information content (AvgIpc) is 3.24. The van der Waals surface area contributed by atoms with Crippen LogP contribution in [0.2, 0.25) is 9.36 Å². The third-order valence-electron chi connectivity index (χ3n) is 3.74. The molecule has 0 spiro atoms. The molecule has 0 aliphatic carbocycles. The van der Waals surface area contributed by atoms with Crippen molar-refractivity contribution < 1.29 is 9.59 Å². The first-order chi connectivity index (χ1) is 12.0. The number of amides is 2. The van der Waals surface area contributed by atoms with Gasteiger partial charge in [0.15, 0.2) is 0 Å². The van der Waals surface area contributed by atoms with E-state index < -0.39 is 0 Å². The number of thiophene rings is 1. The lowest BCUT2D eigenvalue weighted by atomic mass is 10.1. The van der Waals surface area contributed by atoms with Crippen LogP contribution in [0.3, 0.4) is 0 Å². The highest BCUT2D eigenvalue weighted by molar-refractivity contribution is 7.15. The van der Waals surface area contributed by atoms with E-state index in [9.17, 15) is 9.59 Å². The number of carbonyl (C=O) groups excluding carboxylic acids is 2. The molecular formula is C15H15Cl2N5O2S. The van der Waals surface area contributed by atoms with Gasteiger partial charge in [0.2, 0.25) is 5.91 Å². The fourth-order valence-corrected chi connectivity index (χ4v) is 3.71. The van der Waals surface area contributed by atoms with E-state index in [2.05, 4.69) is 20.7 Å². The van der Waals surface area contributed by atoms with Crippen molar-refractivity contribution in [1.29, 1.82) is 0 Å². The highest BCUT2D eigenvalue weighted by Gasteiger charge is 2.25. The fourth-order valence-electron chi connectivity index (χ4n) is 2.49. The van der Waals surface area contributed by atoms with E-state index in [0.717, 1.165) is 5.69 Å². The molecule has 2 amide bonds. The summed E-state index contributed by atoms with van der Waals surface area (Å²) in [5.74, 6) is -0.303. The summed E-state index contributed by atoms with van der Waals surface area (Å²) in [7, 11) is 0. The molecule has 1 aliphatic heterocycles. The highest BCUT2D eigenvalue weighted by atomic mass is 35.5. The zero-order valence-electron chi connectivity index (χ0n) is 13.0. The molecule has 7 nitrogen and oxygen atoms in total. The third-order valence-corrected chi connectivity index (χ3v) is 5.56. The largest absolute Gasteiger partial charge is 0.348 e. The summed E-state index contributed by atoms with van der Waals surface area (Å²) < 4.78 is 0.398. The van der Waals surface area contributed by atoms with Crippen LogP contribution in [0.1, 0.15) is 22.5 Å². The van der Waals surface area contributed by atoms with Gasteiger partial charge >= 0.3 is 0 Å². The van der Waals surface area contributed by atoms with Crippen molar-refractivity contribution in [2.45, 2.75) is 18.9 Å². The van der Waals surface area contributed by atoms with Crippen LogP contribution in [0.4, 0.5) is 0 Å². The molecule has 1 atom stereocenters. The standard InChI is InChI=1S/C15H15Cl2N5O2S/c16-13-11(8-25-14(13)17)15(24)22-5-1-2-10(7-22)19-12(23)4-3-9-6-18-21-20-9/h1-2,6,8,10H,3-5,7H2,(H,19,23)(H,18,20,21). The number of nitrogens with zero attached hydrogens (tertiary/aromatic N) is 3. The van der Waals surface area contributed by atoms with Gasteiger partial charge in [-0.15, -0.1) is 11.3 Å². The second-order valence-electron chi connectivity index (χ2n) is 5.51. The van der Waals surface area contributed by atoms with Crippen LogP contribution in [0.15, 0.2) is 23.7 Å². The summed E-state index contributed by atoms with van der Waals surface area (Å²) in [6, 6.07) is -0.240. The highest BCUT2D eigenvalue weighted by Crippen LogP contribution is 2.33. The van der Waals surface area contributed by atoms with E-state index in [4.69, 9.17) is 23.2 Å². The Bertz CT molecular complexity index is 790. The molecule has 3 rings (SSSR count). The van der Waals surface area contributed by atoms with Gasteiger partial charge in [0, 0.05) is 31.3 Å². The van der Waals surface area contributed by atoms with Crippen molar-refractivity contribution in [3.05, 3.63) is 44.3 Å². The summed E-state index contributed by atoms with van der Waals surface area (Å²) in [5, 5.41) is 14.9. The molecule has 0 saturated carbocycles. The molecule has 2 aromatic rings. The maximum Gasteiger partial charge on any atom is 0.256 e. The lowest BCUT2D eigenvalue weighted by Gasteiger charge is -2.29. The molecule has 0 radical (unpaired) electrons. The Morgan fingerprint density at radius 3 is 2.96 bits per heavy atom. The van der Waals surface area contributed by atoms with Crippen LogP contribution in [-0.2, 0) is 11.2 Å². The maximum atomic E-state index is 12.6. The van der Waals surface area contributed by atoms with E-state index in [0.29, 0.717) is 35.8 Å². The number of aromatic nitrogens is 3. The van der Waals surface area contributed by atoms with E-state index in [1.807, 2.05) is 12.2 Å². The molecule has 10 heteroatoms. The Hall–Kier alpha value is -1.90. The second kappa shape index (κ2) is 7.99. The number of nitrogens with one attached hydrogen (secondary N) is 2. The Labute approximate surface area is 158 Å². The van der Waals surface area contributed by atoms with Crippen LogP contribution in [-0.4, -0.2) is 51.3 Å². The van der Waals surface area contributed by atoms with Gasteiger partial charge in [0.25, 0.3) is 5.91 Å². The minimum atomic E-state index is -0.240. The monoisotopic (exact) mass is 399 g/mol. The molecule has 2 aromatic heterocycles. The number of carbonyl (C=O) groups is 2. The summed E-state index contributed by atoms with van der Waals surface area (Å²) in [5.41, 5.74) is 1.12. The first-order valence-corrected chi connectivity index (χ1v) is 9.20. The molecule has 3 heterocycles. The first kappa shape index (κ1) is 17.9. The van der Waals surface area contributed by atoms with Gasteiger partial charge < -0.3 is 10.2 Å². The molecule has 1 aliphatic rings. The topological polar surface area (TPSA) is 91.0 Å². The Balaban J connectivity index is 1.55.